The average molecular weight is 383 g/mol. The van der Waals surface area contributed by atoms with Crippen LogP contribution in [0, 0.1) is 10.1 Å². The summed E-state index contributed by atoms with van der Waals surface area (Å²) >= 11 is 0. The zero-order chi connectivity index (χ0) is 20.5. The van der Waals surface area contributed by atoms with Gasteiger partial charge in [0.1, 0.15) is 11.3 Å². The van der Waals surface area contributed by atoms with Crippen molar-refractivity contribution < 1.29 is 24.0 Å². The van der Waals surface area contributed by atoms with Crippen molar-refractivity contribution in [3.8, 4) is 5.75 Å². The third kappa shape index (κ3) is 3.29. The molecule has 0 bridgehead atoms. The van der Waals surface area contributed by atoms with E-state index in [0.29, 0.717) is 16.9 Å². The topological polar surface area (TPSA) is 119 Å². The Hall–Kier alpha value is -3.75. The fraction of sp³-hybridized carbons (Fsp3) is 0.211. The summed E-state index contributed by atoms with van der Waals surface area (Å²) < 4.78 is 5.03. The van der Waals surface area contributed by atoms with Gasteiger partial charge in [-0.05, 0) is 48.9 Å². The Morgan fingerprint density at radius 3 is 2.29 bits per heavy atom. The van der Waals surface area contributed by atoms with Crippen molar-refractivity contribution in [1.29, 1.82) is 0 Å². The van der Waals surface area contributed by atoms with Gasteiger partial charge in [-0.1, -0.05) is 0 Å². The number of methoxy groups -OCH3 is 1. The highest BCUT2D eigenvalue weighted by Gasteiger charge is 2.49. The van der Waals surface area contributed by atoms with Crippen LogP contribution in [-0.4, -0.2) is 41.2 Å². The fourth-order valence-electron chi connectivity index (χ4n) is 2.96. The molecule has 144 valence electrons. The van der Waals surface area contributed by atoms with Gasteiger partial charge in [0.15, 0.2) is 5.78 Å². The normalized spacial score (nSPS) is 18.7. The number of nitro groups is 1. The molecule has 1 aliphatic heterocycles. The number of carbonyl (C=O) groups excluding carboxylic acids is 3. The summed E-state index contributed by atoms with van der Waals surface area (Å²) in [7, 11) is 1.50. The molecule has 0 radical (unpaired) electrons. The number of ketones is 1. The van der Waals surface area contributed by atoms with Crippen molar-refractivity contribution in [2.24, 2.45) is 0 Å². The van der Waals surface area contributed by atoms with Crippen LogP contribution in [0.4, 0.5) is 10.5 Å². The van der Waals surface area contributed by atoms with Gasteiger partial charge in [0.05, 0.1) is 18.6 Å². The lowest BCUT2D eigenvalue weighted by molar-refractivity contribution is -0.384. The van der Waals surface area contributed by atoms with Crippen molar-refractivity contribution in [3.63, 3.8) is 0 Å². The molecular formula is C19H17N3O6. The summed E-state index contributed by atoms with van der Waals surface area (Å²) in [6, 6.07) is 10.9. The second-order valence-electron chi connectivity index (χ2n) is 6.40. The predicted octanol–water partition coefficient (Wildman–Crippen LogP) is 2.25. The molecule has 1 N–H and O–H groups in total. The molecule has 3 amide bonds. The van der Waals surface area contributed by atoms with Gasteiger partial charge in [0, 0.05) is 17.7 Å². The van der Waals surface area contributed by atoms with Crippen molar-refractivity contribution in [3.05, 3.63) is 69.8 Å². The maximum atomic E-state index is 12.9. The molecule has 2 aromatic carbocycles. The first-order valence-electron chi connectivity index (χ1n) is 8.32. The van der Waals surface area contributed by atoms with Crippen LogP contribution in [0.3, 0.4) is 0 Å². The quantitative estimate of drug-likeness (QED) is 0.354. The minimum absolute atomic E-state index is 0.129. The Bertz CT molecular complexity index is 955. The number of hydrogen-bond acceptors (Lipinski definition) is 6. The second kappa shape index (κ2) is 7.10. The molecule has 9 heteroatoms. The molecule has 2 aromatic rings. The number of nitro benzene ring substituents is 1. The highest BCUT2D eigenvalue weighted by Crippen LogP contribution is 2.30. The van der Waals surface area contributed by atoms with Crippen LogP contribution in [0.5, 0.6) is 5.75 Å². The lowest BCUT2D eigenvalue weighted by Gasteiger charge is -2.22. The molecule has 3 rings (SSSR count). The van der Waals surface area contributed by atoms with E-state index >= 15 is 0 Å². The molecule has 0 aliphatic carbocycles. The third-order valence-corrected chi connectivity index (χ3v) is 4.64. The number of non-ortho nitro benzene ring substituents is 1. The Morgan fingerprint density at radius 1 is 1.14 bits per heavy atom. The van der Waals surface area contributed by atoms with Gasteiger partial charge in [-0.3, -0.25) is 24.6 Å². The molecule has 1 aliphatic rings. The van der Waals surface area contributed by atoms with Crippen molar-refractivity contribution in [2.75, 3.05) is 13.7 Å². The first-order valence-corrected chi connectivity index (χ1v) is 8.32. The molecule has 9 nitrogen and oxygen atoms in total. The van der Waals surface area contributed by atoms with Crippen molar-refractivity contribution in [1.82, 2.24) is 10.2 Å². The molecule has 0 unspecified atom stereocenters. The van der Waals surface area contributed by atoms with Crippen LogP contribution in [-0.2, 0) is 10.3 Å². The Morgan fingerprint density at radius 2 is 1.75 bits per heavy atom. The van der Waals surface area contributed by atoms with E-state index in [-0.39, 0.29) is 5.69 Å². The van der Waals surface area contributed by atoms with E-state index in [9.17, 15) is 24.5 Å². The van der Waals surface area contributed by atoms with Crippen molar-refractivity contribution in [2.45, 2.75) is 12.5 Å². The number of ether oxygens (including phenoxy) is 1. The Labute approximate surface area is 160 Å². The second-order valence-corrected chi connectivity index (χ2v) is 6.40. The highest BCUT2D eigenvalue weighted by molar-refractivity contribution is 6.11. The zero-order valence-electron chi connectivity index (χ0n) is 15.2. The molecule has 1 saturated heterocycles. The SMILES string of the molecule is COc1ccc(C(=O)CN2C(=O)N[C@@](C)(c3ccc([N+](=O)[O-])cc3)C2=O)cc1. The number of urea groups is 1. The minimum Gasteiger partial charge on any atom is -0.497 e. The van der Waals surface area contributed by atoms with Gasteiger partial charge in [-0.2, -0.15) is 0 Å². The molecule has 1 heterocycles. The standard InChI is InChI=1S/C19H17N3O6/c1-19(13-5-7-14(8-6-13)22(26)27)17(24)21(18(25)20-19)11-16(23)12-3-9-15(28-2)10-4-12/h3-10H,11H2,1-2H3,(H,20,25)/t19-/m0/s1. The van der Waals surface area contributed by atoms with Crippen LogP contribution >= 0.6 is 0 Å². The molecule has 0 spiro atoms. The number of carbonyl (C=O) groups is 3. The van der Waals surface area contributed by atoms with E-state index in [1.54, 1.807) is 24.3 Å². The van der Waals surface area contributed by atoms with Gasteiger partial charge in [0.25, 0.3) is 11.6 Å². The molecule has 28 heavy (non-hydrogen) atoms. The van der Waals surface area contributed by atoms with E-state index in [0.717, 1.165) is 4.90 Å². The average Bonchev–Trinajstić information content (AvgIpc) is 2.92. The van der Waals surface area contributed by atoms with Crippen LogP contribution in [0.2, 0.25) is 0 Å². The predicted molar refractivity (Wildman–Crippen MR) is 98.0 cm³/mol. The highest BCUT2D eigenvalue weighted by atomic mass is 16.6. The van der Waals surface area contributed by atoms with E-state index in [4.69, 9.17) is 4.74 Å². The zero-order valence-corrected chi connectivity index (χ0v) is 15.2. The first kappa shape index (κ1) is 19.0. The third-order valence-electron chi connectivity index (χ3n) is 4.64. The van der Waals surface area contributed by atoms with Crippen LogP contribution < -0.4 is 10.1 Å². The Balaban J connectivity index is 1.80. The molecule has 0 aromatic heterocycles. The van der Waals surface area contributed by atoms with Crippen molar-refractivity contribution >= 4 is 23.4 Å². The number of hydrogen-bond donors (Lipinski definition) is 1. The first-order chi connectivity index (χ1) is 13.3. The number of nitrogens with zero attached hydrogens (tertiary/aromatic N) is 2. The molecule has 1 fully saturated rings. The van der Waals surface area contributed by atoms with Gasteiger partial charge in [-0.25, -0.2) is 4.79 Å². The fourth-order valence-corrected chi connectivity index (χ4v) is 2.96. The lowest BCUT2D eigenvalue weighted by Crippen LogP contribution is -2.41. The van der Waals surface area contributed by atoms with Crippen LogP contribution in [0.1, 0.15) is 22.8 Å². The smallest absolute Gasteiger partial charge is 0.325 e. The number of rotatable bonds is 6. The number of nitrogens with one attached hydrogen (secondary N) is 1. The van der Waals surface area contributed by atoms with Gasteiger partial charge in [-0.15, -0.1) is 0 Å². The summed E-state index contributed by atoms with van der Waals surface area (Å²) in [6.07, 6.45) is 0. The minimum atomic E-state index is -1.41. The maximum Gasteiger partial charge on any atom is 0.325 e. The number of benzene rings is 2. The number of imide groups is 1. The monoisotopic (exact) mass is 383 g/mol. The van der Waals surface area contributed by atoms with Crippen LogP contribution in [0.15, 0.2) is 48.5 Å². The summed E-state index contributed by atoms with van der Waals surface area (Å²) in [5.41, 5.74) is -0.816. The summed E-state index contributed by atoms with van der Waals surface area (Å²) in [4.78, 5) is 48.7. The van der Waals surface area contributed by atoms with E-state index in [1.165, 1.54) is 38.3 Å². The molecule has 0 saturated carbocycles. The number of amides is 3. The van der Waals surface area contributed by atoms with Crippen LogP contribution in [0.25, 0.3) is 0 Å². The van der Waals surface area contributed by atoms with E-state index in [2.05, 4.69) is 5.32 Å². The molecular weight excluding hydrogens is 366 g/mol. The summed E-state index contributed by atoms with van der Waals surface area (Å²) in [6.45, 7) is 1.08. The Kier molecular flexibility index (Phi) is 4.83. The van der Waals surface area contributed by atoms with Gasteiger partial charge in [0.2, 0.25) is 0 Å². The molecule has 1 atom stereocenters. The number of Topliss-reactive ketones (excluding diaryl/α,β-unsaturated/α-hetero) is 1. The van der Waals surface area contributed by atoms with Gasteiger partial charge >= 0.3 is 6.03 Å². The van der Waals surface area contributed by atoms with E-state index in [1.807, 2.05) is 0 Å². The maximum absolute atomic E-state index is 12.9. The largest absolute Gasteiger partial charge is 0.497 e. The van der Waals surface area contributed by atoms with Gasteiger partial charge < -0.3 is 10.1 Å². The summed E-state index contributed by atoms with van der Waals surface area (Å²) in [5.74, 6) is -0.426. The summed E-state index contributed by atoms with van der Waals surface area (Å²) in [5, 5.41) is 13.4. The lowest BCUT2D eigenvalue weighted by atomic mass is 9.92. The van der Waals surface area contributed by atoms with E-state index < -0.39 is 34.7 Å².